The van der Waals surface area contributed by atoms with Gasteiger partial charge in [-0.15, -0.1) is 11.3 Å². The Hall–Kier alpha value is -1.44. The highest BCUT2D eigenvalue weighted by Crippen LogP contribution is 2.15. The van der Waals surface area contributed by atoms with Crippen molar-refractivity contribution < 1.29 is 14.7 Å². The molecular formula is C13H19N3O3S. The Balaban J connectivity index is 1.71. The van der Waals surface area contributed by atoms with Gasteiger partial charge in [-0.05, 0) is 36.8 Å². The van der Waals surface area contributed by atoms with E-state index in [-0.39, 0.29) is 30.9 Å². The van der Waals surface area contributed by atoms with Crippen LogP contribution in [0, 0.1) is 5.92 Å². The number of amides is 2. The average Bonchev–Trinajstić information content (AvgIpc) is 2.99. The second-order valence-corrected chi connectivity index (χ2v) is 5.85. The molecule has 7 heteroatoms. The number of aliphatic hydroxyl groups is 1. The van der Waals surface area contributed by atoms with Crippen molar-refractivity contribution in [2.24, 2.45) is 5.92 Å². The van der Waals surface area contributed by atoms with Crippen LogP contribution in [0.4, 0.5) is 0 Å². The fourth-order valence-corrected chi connectivity index (χ4v) is 2.90. The summed E-state index contributed by atoms with van der Waals surface area (Å²) in [6, 6.07) is 3.48. The molecule has 0 radical (unpaired) electrons. The summed E-state index contributed by atoms with van der Waals surface area (Å²) in [6.45, 7) is 1.97. The van der Waals surface area contributed by atoms with Crippen LogP contribution in [-0.4, -0.2) is 48.1 Å². The first-order chi connectivity index (χ1) is 9.69. The minimum atomic E-state index is -0.305. The maximum absolute atomic E-state index is 11.8. The van der Waals surface area contributed by atoms with Gasteiger partial charge in [0.1, 0.15) is 0 Å². The molecule has 2 rings (SSSR count). The molecule has 6 nitrogen and oxygen atoms in total. The highest BCUT2D eigenvalue weighted by Gasteiger charge is 2.21. The first-order valence-electron chi connectivity index (χ1n) is 6.65. The van der Waals surface area contributed by atoms with Crippen molar-refractivity contribution in [2.45, 2.75) is 12.8 Å². The Morgan fingerprint density at radius 2 is 2.30 bits per heavy atom. The SMILES string of the molecule is O=C(CN1CCCC(CO)C1)NNC(=O)c1cccs1. The smallest absolute Gasteiger partial charge is 0.279 e. The van der Waals surface area contributed by atoms with Gasteiger partial charge in [-0.1, -0.05) is 6.07 Å². The van der Waals surface area contributed by atoms with Crippen LogP contribution < -0.4 is 10.9 Å². The van der Waals surface area contributed by atoms with Crippen LogP contribution in [-0.2, 0) is 4.79 Å². The van der Waals surface area contributed by atoms with E-state index < -0.39 is 0 Å². The van der Waals surface area contributed by atoms with E-state index in [0.29, 0.717) is 4.88 Å². The molecule has 0 saturated carbocycles. The van der Waals surface area contributed by atoms with Crippen LogP contribution in [0.2, 0.25) is 0 Å². The number of nitrogens with zero attached hydrogens (tertiary/aromatic N) is 1. The molecule has 2 amide bonds. The van der Waals surface area contributed by atoms with E-state index in [1.54, 1.807) is 17.5 Å². The number of nitrogens with one attached hydrogen (secondary N) is 2. The third-order valence-corrected chi connectivity index (χ3v) is 4.16. The van der Waals surface area contributed by atoms with Crippen LogP contribution in [0.25, 0.3) is 0 Å². The van der Waals surface area contributed by atoms with Gasteiger partial charge < -0.3 is 5.11 Å². The second-order valence-electron chi connectivity index (χ2n) is 4.91. The molecule has 1 fully saturated rings. The zero-order valence-corrected chi connectivity index (χ0v) is 12.0. The molecule has 1 unspecified atom stereocenters. The van der Waals surface area contributed by atoms with Crippen LogP contribution in [0.15, 0.2) is 17.5 Å². The normalized spacial score (nSPS) is 19.6. The summed E-state index contributed by atoms with van der Waals surface area (Å²) in [6.07, 6.45) is 1.99. The summed E-state index contributed by atoms with van der Waals surface area (Å²) in [5.41, 5.74) is 4.81. The Kier molecular flexibility index (Phi) is 5.51. The summed E-state index contributed by atoms with van der Waals surface area (Å²) in [7, 11) is 0. The monoisotopic (exact) mass is 297 g/mol. The number of carbonyl (C=O) groups excluding carboxylic acids is 2. The van der Waals surface area contributed by atoms with Crippen molar-refractivity contribution in [1.29, 1.82) is 0 Å². The lowest BCUT2D eigenvalue weighted by atomic mass is 9.99. The predicted molar refractivity (Wildman–Crippen MR) is 76.2 cm³/mol. The van der Waals surface area contributed by atoms with Gasteiger partial charge in [0.05, 0.1) is 11.4 Å². The Labute approximate surface area is 121 Å². The Morgan fingerprint density at radius 3 is 3.00 bits per heavy atom. The molecule has 110 valence electrons. The third-order valence-electron chi connectivity index (χ3n) is 3.29. The highest BCUT2D eigenvalue weighted by molar-refractivity contribution is 7.12. The molecule has 1 saturated heterocycles. The van der Waals surface area contributed by atoms with Crippen molar-refractivity contribution in [3.63, 3.8) is 0 Å². The number of carbonyl (C=O) groups is 2. The third kappa shape index (κ3) is 4.29. The number of hydrogen-bond donors (Lipinski definition) is 3. The first kappa shape index (κ1) is 15.0. The second kappa shape index (κ2) is 7.37. The predicted octanol–water partition coefficient (Wildman–Crippen LogP) is 0.213. The molecule has 1 aliphatic rings. The largest absolute Gasteiger partial charge is 0.396 e. The summed E-state index contributed by atoms with van der Waals surface area (Å²) in [5.74, 6) is -0.300. The van der Waals surface area contributed by atoms with E-state index >= 15 is 0 Å². The lowest BCUT2D eigenvalue weighted by Gasteiger charge is -2.31. The van der Waals surface area contributed by atoms with Crippen LogP contribution in [0.5, 0.6) is 0 Å². The molecule has 1 aliphatic heterocycles. The van der Waals surface area contributed by atoms with Gasteiger partial charge in [0.25, 0.3) is 11.8 Å². The molecule has 0 bridgehead atoms. The number of piperidine rings is 1. The van der Waals surface area contributed by atoms with Crippen LogP contribution in [0.1, 0.15) is 22.5 Å². The fraction of sp³-hybridized carbons (Fsp3) is 0.538. The molecule has 1 atom stereocenters. The Bertz CT molecular complexity index is 450. The average molecular weight is 297 g/mol. The molecule has 2 heterocycles. The standard InChI is InChI=1S/C13H19N3O3S/c17-9-10-3-1-5-16(7-10)8-12(18)14-15-13(19)11-4-2-6-20-11/h2,4,6,10,17H,1,3,5,7-9H2,(H,14,18)(H,15,19). The van der Waals surface area contributed by atoms with E-state index in [4.69, 9.17) is 5.11 Å². The maximum Gasteiger partial charge on any atom is 0.279 e. The minimum Gasteiger partial charge on any atom is -0.396 e. The zero-order valence-electron chi connectivity index (χ0n) is 11.2. The summed E-state index contributed by atoms with van der Waals surface area (Å²) < 4.78 is 0. The summed E-state index contributed by atoms with van der Waals surface area (Å²) in [4.78, 5) is 25.9. The van der Waals surface area contributed by atoms with Gasteiger partial charge in [0.15, 0.2) is 0 Å². The minimum absolute atomic E-state index is 0.160. The van der Waals surface area contributed by atoms with Gasteiger partial charge in [-0.25, -0.2) is 0 Å². The van der Waals surface area contributed by atoms with Crippen molar-refractivity contribution in [2.75, 3.05) is 26.2 Å². The molecule has 20 heavy (non-hydrogen) atoms. The molecule has 0 spiro atoms. The van der Waals surface area contributed by atoms with E-state index in [0.717, 1.165) is 25.9 Å². The Morgan fingerprint density at radius 1 is 1.45 bits per heavy atom. The number of likely N-dealkylation sites (tertiary alicyclic amines) is 1. The molecule has 0 aromatic carbocycles. The lowest BCUT2D eigenvalue weighted by Crippen LogP contribution is -2.48. The molecular weight excluding hydrogens is 278 g/mol. The van der Waals surface area contributed by atoms with Crippen molar-refractivity contribution in [3.8, 4) is 0 Å². The molecule has 1 aromatic rings. The topological polar surface area (TPSA) is 81.7 Å². The van der Waals surface area contributed by atoms with E-state index in [1.807, 2.05) is 4.90 Å². The van der Waals surface area contributed by atoms with Crippen molar-refractivity contribution >= 4 is 23.2 Å². The molecule has 0 aliphatic carbocycles. The lowest BCUT2D eigenvalue weighted by molar-refractivity contribution is -0.123. The molecule has 1 aromatic heterocycles. The summed E-state index contributed by atoms with van der Waals surface area (Å²) in [5, 5.41) is 10.9. The number of hydrogen-bond acceptors (Lipinski definition) is 5. The van der Waals surface area contributed by atoms with Crippen LogP contribution >= 0.6 is 11.3 Å². The van der Waals surface area contributed by atoms with E-state index in [1.165, 1.54) is 11.3 Å². The number of rotatable bonds is 4. The number of hydrazine groups is 1. The van der Waals surface area contributed by atoms with E-state index in [9.17, 15) is 9.59 Å². The van der Waals surface area contributed by atoms with Gasteiger partial charge in [0, 0.05) is 13.2 Å². The fourth-order valence-electron chi connectivity index (χ4n) is 2.28. The molecule has 3 N–H and O–H groups in total. The van der Waals surface area contributed by atoms with Gasteiger partial charge in [-0.2, -0.15) is 0 Å². The zero-order chi connectivity index (χ0) is 14.4. The van der Waals surface area contributed by atoms with Crippen molar-refractivity contribution in [3.05, 3.63) is 22.4 Å². The van der Waals surface area contributed by atoms with Crippen LogP contribution in [0.3, 0.4) is 0 Å². The highest BCUT2D eigenvalue weighted by atomic mass is 32.1. The number of thiophene rings is 1. The maximum atomic E-state index is 11.8. The quantitative estimate of drug-likeness (QED) is 0.694. The summed E-state index contributed by atoms with van der Waals surface area (Å²) >= 11 is 1.32. The van der Waals surface area contributed by atoms with E-state index in [2.05, 4.69) is 10.9 Å². The first-order valence-corrected chi connectivity index (χ1v) is 7.53. The van der Waals surface area contributed by atoms with Gasteiger partial charge >= 0.3 is 0 Å². The van der Waals surface area contributed by atoms with Gasteiger partial charge in [0.2, 0.25) is 0 Å². The number of aliphatic hydroxyl groups excluding tert-OH is 1. The van der Waals surface area contributed by atoms with Gasteiger partial charge in [-0.3, -0.25) is 25.3 Å². The van der Waals surface area contributed by atoms with Crippen molar-refractivity contribution in [1.82, 2.24) is 15.8 Å².